The summed E-state index contributed by atoms with van der Waals surface area (Å²) in [7, 11) is -2.16. The molecule has 0 amide bonds. The van der Waals surface area contributed by atoms with Crippen LogP contribution >= 0.6 is 0 Å². The van der Waals surface area contributed by atoms with Crippen LogP contribution in [0.1, 0.15) is 110 Å². The molecule has 0 spiro atoms. The number of rotatable bonds is 22. The van der Waals surface area contributed by atoms with Crippen LogP contribution in [0.5, 0.6) is 0 Å². The average Bonchev–Trinajstić information content (AvgIpc) is 2.75. The van der Waals surface area contributed by atoms with Crippen LogP contribution in [0.25, 0.3) is 0 Å². The van der Waals surface area contributed by atoms with Crippen molar-refractivity contribution in [3.8, 4) is 0 Å². The smallest absolute Gasteiger partial charge is 0.316 e. The normalized spacial score (nSPS) is 14.6. The summed E-state index contributed by atoms with van der Waals surface area (Å²) in [5, 5.41) is 0. The van der Waals surface area contributed by atoms with Gasteiger partial charge in [0.05, 0.1) is 19.0 Å². The highest BCUT2D eigenvalue weighted by Gasteiger charge is 2.31. The van der Waals surface area contributed by atoms with Crippen molar-refractivity contribution in [2.75, 3.05) is 7.11 Å². The van der Waals surface area contributed by atoms with Gasteiger partial charge in [-0.15, -0.1) is 0 Å². The number of methoxy groups -OCH3 is 1. The predicted octanol–water partition coefficient (Wildman–Crippen LogP) is 9.62. The van der Waals surface area contributed by atoms with Gasteiger partial charge in [-0.2, -0.15) is 0 Å². The first-order valence-electron chi connectivity index (χ1n) is 14.6. The fraction of sp³-hybridized carbons (Fsp3) is 0.897. The molecular formula is C29H60O4Si2. The molecule has 0 aliphatic heterocycles. The Kier molecular flexibility index (Phi) is 19.2. The van der Waals surface area contributed by atoms with Gasteiger partial charge in [0.15, 0.2) is 8.32 Å². The number of unbranched alkanes of at least 4 members (excludes halogenated alkanes) is 11. The Morgan fingerprint density at radius 3 is 1.60 bits per heavy atom. The third-order valence-corrected chi connectivity index (χ3v) is 7.90. The number of hydrogen-bond donors (Lipinski definition) is 0. The predicted molar refractivity (Wildman–Crippen MR) is 157 cm³/mol. The van der Waals surface area contributed by atoms with Gasteiger partial charge in [0.1, 0.15) is 5.92 Å². The summed E-state index contributed by atoms with van der Waals surface area (Å²) in [6.45, 7) is 17.8. The van der Waals surface area contributed by atoms with Crippen molar-refractivity contribution in [1.29, 1.82) is 0 Å². The molecular weight excluding hydrogens is 468 g/mol. The molecule has 208 valence electrons. The molecule has 0 N–H and O–H groups in total. The molecule has 0 unspecified atom stereocenters. The molecule has 2 atom stereocenters. The SMILES string of the molecule is CCCCCCCCCCC[C@H](C=C(O[Si](C)(C)C)[C@@H](CCCCCC)C(=O)OC)O[Si](C)(C)C. The Labute approximate surface area is 221 Å². The molecule has 0 aliphatic carbocycles. The van der Waals surface area contributed by atoms with Crippen LogP contribution in [0, 0.1) is 5.92 Å². The van der Waals surface area contributed by atoms with E-state index >= 15 is 0 Å². The summed E-state index contributed by atoms with van der Waals surface area (Å²) in [4.78, 5) is 12.8. The van der Waals surface area contributed by atoms with Gasteiger partial charge in [-0.1, -0.05) is 97.3 Å². The first kappa shape index (κ1) is 34.4. The van der Waals surface area contributed by atoms with E-state index in [-0.39, 0.29) is 18.0 Å². The summed E-state index contributed by atoms with van der Waals surface area (Å²) < 4.78 is 18.4. The highest BCUT2D eigenvalue weighted by atomic mass is 28.4. The third kappa shape index (κ3) is 20.2. The van der Waals surface area contributed by atoms with Gasteiger partial charge in [0, 0.05) is 0 Å². The molecule has 0 aromatic heterocycles. The van der Waals surface area contributed by atoms with Crippen molar-refractivity contribution in [3.05, 3.63) is 11.8 Å². The van der Waals surface area contributed by atoms with E-state index in [2.05, 4.69) is 59.2 Å². The van der Waals surface area contributed by atoms with Crippen molar-refractivity contribution in [2.45, 2.75) is 156 Å². The Bertz CT molecular complexity index is 564. The maximum Gasteiger partial charge on any atom is 0.316 e. The van der Waals surface area contributed by atoms with E-state index in [1.165, 1.54) is 71.3 Å². The van der Waals surface area contributed by atoms with Gasteiger partial charge in [-0.3, -0.25) is 4.79 Å². The second kappa shape index (κ2) is 19.5. The summed E-state index contributed by atoms with van der Waals surface area (Å²) in [6.07, 6.45) is 20.3. The molecule has 35 heavy (non-hydrogen) atoms. The first-order chi connectivity index (χ1) is 16.4. The van der Waals surface area contributed by atoms with Crippen molar-refractivity contribution < 1.29 is 18.4 Å². The molecule has 0 aromatic carbocycles. The Morgan fingerprint density at radius 2 is 1.14 bits per heavy atom. The minimum Gasteiger partial charge on any atom is -0.547 e. The van der Waals surface area contributed by atoms with E-state index in [4.69, 9.17) is 13.6 Å². The van der Waals surface area contributed by atoms with Crippen molar-refractivity contribution in [3.63, 3.8) is 0 Å². The van der Waals surface area contributed by atoms with Gasteiger partial charge in [0.25, 0.3) is 0 Å². The van der Waals surface area contributed by atoms with Crippen LogP contribution in [-0.4, -0.2) is 35.8 Å². The van der Waals surface area contributed by atoms with Gasteiger partial charge in [-0.05, 0) is 58.2 Å². The summed E-state index contributed by atoms with van der Waals surface area (Å²) in [6, 6.07) is 0. The van der Waals surface area contributed by atoms with Crippen molar-refractivity contribution >= 4 is 22.6 Å². The number of ether oxygens (including phenoxy) is 1. The minimum atomic E-state index is -1.90. The number of hydrogen-bond acceptors (Lipinski definition) is 4. The van der Waals surface area contributed by atoms with Crippen LogP contribution < -0.4 is 0 Å². The van der Waals surface area contributed by atoms with Gasteiger partial charge in [-0.25, -0.2) is 0 Å². The first-order valence-corrected chi connectivity index (χ1v) is 21.4. The lowest BCUT2D eigenvalue weighted by atomic mass is 9.97. The zero-order valence-corrected chi connectivity index (χ0v) is 27.0. The zero-order valence-electron chi connectivity index (χ0n) is 25.0. The van der Waals surface area contributed by atoms with Gasteiger partial charge in [0.2, 0.25) is 8.32 Å². The molecule has 6 heteroatoms. The van der Waals surface area contributed by atoms with Crippen molar-refractivity contribution in [2.24, 2.45) is 5.92 Å². The number of carbonyl (C=O) groups is 1. The molecule has 0 fully saturated rings. The Balaban J connectivity index is 5.38. The zero-order chi connectivity index (χ0) is 26.7. The lowest BCUT2D eigenvalue weighted by molar-refractivity contribution is -0.145. The van der Waals surface area contributed by atoms with Crippen LogP contribution in [0.2, 0.25) is 39.3 Å². The minimum absolute atomic E-state index is 0.000341. The molecule has 0 saturated heterocycles. The van der Waals surface area contributed by atoms with E-state index in [9.17, 15) is 4.79 Å². The number of esters is 1. The second-order valence-electron chi connectivity index (χ2n) is 12.1. The lowest BCUT2D eigenvalue weighted by Crippen LogP contribution is -2.34. The number of carbonyl (C=O) groups excluding carboxylic acids is 1. The largest absolute Gasteiger partial charge is 0.547 e. The Morgan fingerprint density at radius 1 is 0.686 bits per heavy atom. The van der Waals surface area contributed by atoms with E-state index in [1.54, 1.807) is 0 Å². The maximum atomic E-state index is 12.8. The van der Waals surface area contributed by atoms with E-state index in [0.29, 0.717) is 0 Å². The third-order valence-electron chi connectivity index (χ3n) is 6.05. The Hall–Kier alpha value is -0.596. The molecule has 0 saturated carbocycles. The van der Waals surface area contributed by atoms with E-state index in [0.717, 1.165) is 37.9 Å². The van der Waals surface area contributed by atoms with E-state index < -0.39 is 16.6 Å². The van der Waals surface area contributed by atoms with Crippen LogP contribution in [-0.2, 0) is 18.4 Å². The highest BCUT2D eigenvalue weighted by Crippen LogP contribution is 2.28. The average molecular weight is 529 g/mol. The summed E-state index contributed by atoms with van der Waals surface area (Å²) in [5.41, 5.74) is 0. The molecule has 4 nitrogen and oxygen atoms in total. The lowest BCUT2D eigenvalue weighted by Gasteiger charge is -2.30. The van der Waals surface area contributed by atoms with Gasteiger partial charge >= 0.3 is 5.97 Å². The van der Waals surface area contributed by atoms with Crippen LogP contribution in [0.4, 0.5) is 0 Å². The molecule has 0 rings (SSSR count). The molecule has 0 heterocycles. The second-order valence-corrected chi connectivity index (χ2v) is 21.0. The topological polar surface area (TPSA) is 44.8 Å². The molecule has 0 radical (unpaired) electrons. The monoisotopic (exact) mass is 528 g/mol. The van der Waals surface area contributed by atoms with Crippen LogP contribution in [0.15, 0.2) is 11.8 Å². The summed E-state index contributed by atoms with van der Waals surface area (Å²) >= 11 is 0. The molecule has 0 bridgehead atoms. The molecule has 0 aromatic rings. The summed E-state index contributed by atoms with van der Waals surface area (Å²) in [5.74, 6) is 0.284. The quantitative estimate of drug-likeness (QED) is 0.0607. The van der Waals surface area contributed by atoms with Crippen molar-refractivity contribution in [1.82, 2.24) is 0 Å². The van der Waals surface area contributed by atoms with Crippen LogP contribution in [0.3, 0.4) is 0 Å². The fourth-order valence-corrected chi connectivity index (χ4v) is 6.35. The maximum absolute atomic E-state index is 12.8. The van der Waals surface area contributed by atoms with E-state index in [1.807, 2.05) is 0 Å². The standard InChI is InChI=1S/C29H60O4Si2/c1-10-12-14-16-17-18-19-20-21-23-26(32-34(4,5)6)25-28(33-35(7,8)9)27(29(30)31-3)24-22-15-13-11-2/h25-27H,10-24H2,1-9H3/t26-,27-/m1/s1. The highest BCUT2D eigenvalue weighted by molar-refractivity contribution is 6.70. The van der Waals surface area contributed by atoms with Gasteiger partial charge < -0.3 is 13.6 Å². The fourth-order valence-electron chi connectivity index (χ4n) is 4.34. The molecule has 0 aliphatic rings.